The van der Waals surface area contributed by atoms with E-state index in [1.54, 1.807) is 0 Å². The zero-order valence-corrected chi connectivity index (χ0v) is 11.6. The molecule has 0 aliphatic rings. The van der Waals surface area contributed by atoms with Crippen LogP contribution in [0.1, 0.15) is 16.2 Å². The van der Waals surface area contributed by atoms with Gasteiger partial charge in [0.05, 0.1) is 0 Å². The van der Waals surface area contributed by atoms with E-state index >= 15 is 0 Å². The number of aromatic amines is 1. The van der Waals surface area contributed by atoms with Gasteiger partial charge in [-0.3, -0.25) is 9.52 Å². The van der Waals surface area contributed by atoms with E-state index < -0.39 is 32.4 Å². The highest BCUT2D eigenvalue weighted by Crippen LogP contribution is 2.20. The second kappa shape index (κ2) is 5.02. The van der Waals surface area contributed by atoms with Crippen LogP contribution in [0.2, 0.25) is 0 Å². The summed E-state index contributed by atoms with van der Waals surface area (Å²) in [6.07, 6.45) is 2.28. The Morgan fingerprint density at radius 3 is 2.60 bits per heavy atom. The minimum atomic E-state index is -4.11. The Kier molecular flexibility index (Phi) is 3.55. The summed E-state index contributed by atoms with van der Waals surface area (Å²) in [5.41, 5.74) is -0.370. The van der Waals surface area contributed by atoms with E-state index in [2.05, 4.69) is 15.0 Å². The van der Waals surface area contributed by atoms with Crippen LogP contribution in [0.5, 0.6) is 0 Å². The van der Waals surface area contributed by atoms with E-state index in [9.17, 15) is 18.0 Å². The van der Waals surface area contributed by atoms with Crippen LogP contribution >= 0.6 is 11.3 Å². The lowest BCUT2D eigenvalue weighted by Crippen LogP contribution is -2.17. The van der Waals surface area contributed by atoms with E-state index in [0.29, 0.717) is 11.3 Å². The van der Waals surface area contributed by atoms with Crippen molar-refractivity contribution in [1.29, 1.82) is 0 Å². The molecule has 0 fully saturated rings. The Hall–Kier alpha value is -2.27. The second-order valence-electron chi connectivity index (χ2n) is 3.59. The van der Waals surface area contributed by atoms with E-state index in [0.717, 1.165) is 12.4 Å². The molecule has 2 rings (SSSR count). The molecule has 3 N–H and O–H groups in total. The van der Waals surface area contributed by atoms with Gasteiger partial charge < -0.3 is 10.1 Å². The van der Waals surface area contributed by atoms with Crippen molar-refractivity contribution >= 4 is 33.1 Å². The minimum absolute atomic E-state index is 0.160. The molecule has 0 aromatic carbocycles. The summed E-state index contributed by atoms with van der Waals surface area (Å²) >= 11 is 0.498. The first kappa shape index (κ1) is 14.1. The van der Waals surface area contributed by atoms with Crippen LogP contribution in [0.3, 0.4) is 0 Å². The fourth-order valence-electron chi connectivity index (χ4n) is 1.39. The monoisotopic (exact) mass is 316 g/mol. The van der Waals surface area contributed by atoms with Crippen LogP contribution in [0, 0.1) is 6.92 Å². The van der Waals surface area contributed by atoms with Gasteiger partial charge in [-0.15, -0.1) is 0 Å². The first-order valence-electron chi connectivity index (χ1n) is 5.08. The highest BCUT2D eigenvalue weighted by atomic mass is 32.2. The maximum Gasteiger partial charge on any atom is 0.358 e. The molecule has 0 bridgehead atoms. The van der Waals surface area contributed by atoms with Crippen molar-refractivity contribution in [2.75, 3.05) is 4.72 Å². The number of hydrogen-bond donors (Lipinski definition) is 3. The number of rotatable bonds is 4. The van der Waals surface area contributed by atoms with Crippen molar-refractivity contribution < 1.29 is 18.3 Å². The molecule has 2 aromatic heterocycles. The number of sulfonamides is 1. The van der Waals surface area contributed by atoms with Gasteiger partial charge in [0.25, 0.3) is 10.0 Å². The smallest absolute Gasteiger partial charge is 0.358 e. The maximum atomic E-state index is 12.1. The normalized spacial score (nSPS) is 11.2. The number of aryl methyl sites for hydroxylation is 1. The number of carboxylic acid groups (broad SMARTS) is 1. The summed E-state index contributed by atoms with van der Waals surface area (Å²) in [6, 6.07) is 0. The summed E-state index contributed by atoms with van der Waals surface area (Å²) < 4.78 is 26.0. The van der Waals surface area contributed by atoms with Crippen molar-refractivity contribution in [2.24, 2.45) is 0 Å². The maximum absolute atomic E-state index is 12.1. The molecular formula is C9H8N4O5S2. The minimum Gasteiger partial charge on any atom is -0.476 e. The fraction of sp³-hybridized carbons (Fsp3) is 0.111. The number of carboxylic acids is 1. The zero-order valence-electron chi connectivity index (χ0n) is 9.95. The van der Waals surface area contributed by atoms with Crippen molar-refractivity contribution in [1.82, 2.24) is 15.0 Å². The average molecular weight is 316 g/mol. The molecule has 2 aromatic rings. The number of hydrogen-bond acceptors (Lipinski definition) is 7. The molecule has 0 amide bonds. The van der Waals surface area contributed by atoms with E-state index in [-0.39, 0.29) is 9.90 Å². The summed E-state index contributed by atoms with van der Waals surface area (Å²) in [6.45, 7) is 1.42. The third-order valence-corrected chi connectivity index (χ3v) is 5.10. The number of aromatic carboxylic acids is 1. The summed E-state index contributed by atoms with van der Waals surface area (Å²) in [4.78, 5) is 31.0. The summed E-state index contributed by atoms with van der Waals surface area (Å²) in [5.74, 6) is -1.84. The lowest BCUT2D eigenvalue weighted by molar-refractivity contribution is 0.0691. The predicted molar refractivity (Wildman–Crippen MR) is 69.5 cm³/mol. The first-order chi connectivity index (χ1) is 9.31. The van der Waals surface area contributed by atoms with Crippen LogP contribution < -0.4 is 9.60 Å². The predicted octanol–water partition coefficient (Wildman–Crippen LogP) is 0.0338. The fourth-order valence-corrected chi connectivity index (χ4v) is 3.71. The van der Waals surface area contributed by atoms with Gasteiger partial charge >= 0.3 is 10.8 Å². The van der Waals surface area contributed by atoms with Gasteiger partial charge in [0.1, 0.15) is 0 Å². The molecule has 0 spiro atoms. The lowest BCUT2D eigenvalue weighted by atomic mass is 10.4. The van der Waals surface area contributed by atoms with Crippen LogP contribution in [0.15, 0.2) is 21.4 Å². The Labute approximate surface area is 116 Å². The standard InChI is InChI=1S/C9H8N4O5S2/c1-4-8(19-9(16)12-4)20(17,18)13-6-5(7(14)15)10-2-3-11-6/h2-3H,1H3,(H,11,13)(H,12,16)(H,14,15). The quantitative estimate of drug-likeness (QED) is 0.722. The third-order valence-electron chi connectivity index (χ3n) is 2.16. The molecule has 20 heavy (non-hydrogen) atoms. The number of nitrogens with zero attached hydrogens (tertiary/aromatic N) is 2. The number of aromatic nitrogens is 3. The van der Waals surface area contributed by atoms with Crippen molar-refractivity contribution in [3.8, 4) is 0 Å². The Bertz CT molecular complexity index is 823. The second-order valence-corrected chi connectivity index (χ2v) is 6.45. The number of H-pyrrole nitrogens is 1. The van der Waals surface area contributed by atoms with Gasteiger partial charge in [-0.05, 0) is 6.92 Å². The van der Waals surface area contributed by atoms with Gasteiger partial charge in [-0.2, -0.15) is 0 Å². The number of thiazole rings is 1. The highest BCUT2D eigenvalue weighted by Gasteiger charge is 2.24. The average Bonchev–Trinajstić information content (AvgIpc) is 2.69. The van der Waals surface area contributed by atoms with Crippen LogP contribution in [0.4, 0.5) is 5.82 Å². The van der Waals surface area contributed by atoms with Crippen molar-refractivity contribution in [3.63, 3.8) is 0 Å². The zero-order chi connectivity index (χ0) is 14.9. The van der Waals surface area contributed by atoms with Gasteiger partial charge in [0.15, 0.2) is 15.7 Å². The van der Waals surface area contributed by atoms with Crippen LogP contribution in [-0.2, 0) is 10.0 Å². The molecule has 0 aliphatic carbocycles. The summed E-state index contributed by atoms with van der Waals surface area (Å²) in [5, 5.41) is 8.90. The van der Waals surface area contributed by atoms with E-state index in [1.807, 2.05) is 4.72 Å². The Balaban J connectivity index is 2.47. The molecule has 11 heteroatoms. The Morgan fingerprint density at radius 1 is 1.40 bits per heavy atom. The van der Waals surface area contributed by atoms with Crippen molar-refractivity contribution in [2.45, 2.75) is 11.1 Å². The van der Waals surface area contributed by atoms with Gasteiger partial charge in [-0.25, -0.2) is 23.2 Å². The topological polar surface area (TPSA) is 142 Å². The molecule has 2 heterocycles. The number of carbonyl (C=O) groups is 1. The number of anilines is 1. The molecule has 0 aliphatic heterocycles. The SMILES string of the molecule is Cc1[nH]c(=O)sc1S(=O)(=O)Nc1nccnc1C(=O)O. The molecule has 9 nitrogen and oxygen atoms in total. The van der Waals surface area contributed by atoms with Crippen molar-refractivity contribution in [3.05, 3.63) is 33.4 Å². The molecule has 0 saturated heterocycles. The molecule has 0 atom stereocenters. The van der Waals surface area contributed by atoms with E-state index in [4.69, 9.17) is 5.11 Å². The van der Waals surface area contributed by atoms with Crippen LogP contribution in [0.25, 0.3) is 0 Å². The molecule has 0 radical (unpaired) electrons. The first-order valence-corrected chi connectivity index (χ1v) is 7.38. The number of nitrogens with one attached hydrogen (secondary N) is 2. The molecule has 106 valence electrons. The third kappa shape index (κ3) is 2.67. The molecule has 0 saturated carbocycles. The highest BCUT2D eigenvalue weighted by molar-refractivity contribution is 7.94. The molecular weight excluding hydrogens is 308 g/mol. The van der Waals surface area contributed by atoms with Crippen LogP contribution in [-0.4, -0.2) is 34.4 Å². The molecule has 0 unspecified atom stereocenters. The lowest BCUT2D eigenvalue weighted by Gasteiger charge is -2.07. The van der Waals surface area contributed by atoms with Gasteiger partial charge in [0.2, 0.25) is 0 Å². The Morgan fingerprint density at radius 2 is 2.05 bits per heavy atom. The van der Waals surface area contributed by atoms with E-state index in [1.165, 1.54) is 6.92 Å². The van der Waals surface area contributed by atoms with Gasteiger partial charge in [-0.1, -0.05) is 11.3 Å². The van der Waals surface area contributed by atoms with Gasteiger partial charge in [0, 0.05) is 18.1 Å². The summed E-state index contributed by atoms with van der Waals surface area (Å²) in [7, 11) is -4.11. The largest absolute Gasteiger partial charge is 0.476 e.